The fraction of sp³-hybridized carbons (Fsp3) is 0.519. The smallest absolute Gasteiger partial charge is 0.318 e. The number of hydrogen-bond acceptors (Lipinski definition) is 3. The van der Waals surface area contributed by atoms with Gasteiger partial charge in [0, 0.05) is 24.5 Å². The predicted molar refractivity (Wildman–Crippen MR) is 129 cm³/mol. The van der Waals surface area contributed by atoms with E-state index < -0.39 is 0 Å². The van der Waals surface area contributed by atoms with Crippen molar-refractivity contribution >= 4 is 6.03 Å². The van der Waals surface area contributed by atoms with Gasteiger partial charge in [-0.25, -0.2) is 9.18 Å². The Labute approximate surface area is 196 Å². The summed E-state index contributed by atoms with van der Waals surface area (Å²) in [6, 6.07) is 14.8. The average Bonchev–Trinajstić information content (AvgIpc) is 2.81. The molecule has 33 heavy (non-hydrogen) atoms. The van der Waals surface area contributed by atoms with Gasteiger partial charge in [-0.1, -0.05) is 38.1 Å². The van der Waals surface area contributed by atoms with Crippen LogP contribution < -0.4 is 10.1 Å². The van der Waals surface area contributed by atoms with E-state index in [2.05, 4.69) is 31.1 Å². The molecule has 2 aliphatic rings. The number of ether oxygens (including phenoxy) is 1. The van der Waals surface area contributed by atoms with Crippen LogP contribution in [0.15, 0.2) is 48.5 Å². The van der Waals surface area contributed by atoms with Crippen LogP contribution in [0.4, 0.5) is 9.18 Å². The van der Waals surface area contributed by atoms with E-state index in [0.29, 0.717) is 25.6 Å². The van der Waals surface area contributed by atoms with Gasteiger partial charge >= 0.3 is 6.03 Å². The van der Waals surface area contributed by atoms with Gasteiger partial charge < -0.3 is 19.9 Å². The molecule has 5 nitrogen and oxygen atoms in total. The lowest BCUT2D eigenvalue weighted by atomic mass is 9.68. The van der Waals surface area contributed by atoms with Crippen LogP contribution in [0.1, 0.15) is 37.8 Å². The van der Waals surface area contributed by atoms with Crippen molar-refractivity contribution in [2.45, 2.75) is 45.7 Å². The summed E-state index contributed by atoms with van der Waals surface area (Å²) in [5, 5.41) is 3.18. The van der Waals surface area contributed by atoms with E-state index >= 15 is 0 Å². The Hall–Kier alpha value is -2.60. The van der Waals surface area contributed by atoms with Gasteiger partial charge in [0.1, 0.15) is 11.6 Å². The lowest BCUT2D eigenvalue weighted by Crippen LogP contribution is -2.65. The third kappa shape index (κ3) is 5.67. The van der Waals surface area contributed by atoms with Crippen LogP contribution in [0, 0.1) is 17.2 Å². The molecular formula is C27H36FN3O2. The number of carbonyl (C=O) groups is 1. The monoisotopic (exact) mass is 453 g/mol. The maximum absolute atomic E-state index is 13.5. The first-order valence-corrected chi connectivity index (χ1v) is 12.0. The number of carbonyl (C=O) groups excluding carboxylic acids is 1. The van der Waals surface area contributed by atoms with Crippen LogP contribution in [-0.4, -0.2) is 55.2 Å². The Bertz CT molecular complexity index is 921. The molecule has 2 saturated heterocycles. The first-order valence-electron chi connectivity index (χ1n) is 12.0. The van der Waals surface area contributed by atoms with Crippen molar-refractivity contribution in [1.29, 1.82) is 0 Å². The summed E-state index contributed by atoms with van der Waals surface area (Å²) in [7, 11) is 2.16. The van der Waals surface area contributed by atoms with Crippen LogP contribution in [0.3, 0.4) is 0 Å². The highest BCUT2D eigenvalue weighted by Gasteiger charge is 2.48. The normalized spacial score (nSPS) is 20.8. The van der Waals surface area contributed by atoms with E-state index in [1.165, 1.54) is 12.1 Å². The Kier molecular flexibility index (Phi) is 7.23. The van der Waals surface area contributed by atoms with Gasteiger partial charge in [0.05, 0.1) is 6.61 Å². The lowest BCUT2D eigenvalue weighted by molar-refractivity contribution is 0.00453. The van der Waals surface area contributed by atoms with Gasteiger partial charge in [0.25, 0.3) is 0 Å². The summed E-state index contributed by atoms with van der Waals surface area (Å²) in [5.74, 6) is 1.09. The SMILES string of the molecule is CC(C)COc1ccc(CN2C(=O)NCC3(CCN(C)CC3)C2Cc2ccc(F)cc2)cc1. The van der Waals surface area contributed by atoms with Crippen LogP contribution in [-0.2, 0) is 13.0 Å². The van der Waals surface area contributed by atoms with Crippen LogP contribution in [0.25, 0.3) is 0 Å². The summed E-state index contributed by atoms with van der Waals surface area (Å²) >= 11 is 0. The minimum absolute atomic E-state index is 0.00905. The number of benzene rings is 2. The van der Waals surface area contributed by atoms with Crippen LogP contribution in [0.5, 0.6) is 5.75 Å². The maximum atomic E-state index is 13.5. The number of urea groups is 1. The summed E-state index contributed by atoms with van der Waals surface area (Å²) < 4.78 is 19.3. The summed E-state index contributed by atoms with van der Waals surface area (Å²) in [6.07, 6.45) is 2.80. The molecule has 2 aliphatic heterocycles. The number of amides is 2. The van der Waals surface area contributed by atoms with Crippen molar-refractivity contribution < 1.29 is 13.9 Å². The summed E-state index contributed by atoms with van der Waals surface area (Å²) in [6.45, 7) is 8.22. The van der Waals surface area contributed by atoms with E-state index in [9.17, 15) is 9.18 Å². The molecular weight excluding hydrogens is 417 g/mol. The first-order chi connectivity index (χ1) is 15.8. The average molecular weight is 454 g/mol. The molecule has 2 heterocycles. The second kappa shape index (κ2) is 10.1. The highest BCUT2D eigenvalue weighted by Crippen LogP contribution is 2.41. The number of hydrogen-bond donors (Lipinski definition) is 1. The standard InChI is InChI=1S/C27H36FN3O2/c1-20(2)18-33-24-10-6-22(7-11-24)17-31-25(16-21-4-8-23(28)9-5-21)27(19-29-26(31)32)12-14-30(3)15-13-27/h4-11,20,25H,12-19H2,1-3H3,(H,29,32). The Morgan fingerprint density at radius 2 is 1.70 bits per heavy atom. The molecule has 4 rings (SSSR count). The predicted octanol–water partition coefficient (Wildman–Crippen LogP) is 4.71. The molecule has 0 saturated carbocycles. The van der Waals surface area contributed by atoms with E-state index in [-0.39, 0.29) is 23.3 Å². The fourth-order valence-electron chi connectivity index (χ4n) is 5.02. The lowest BCUT2D eigenvalue weighted by Gasteiger charge is -2.53. The van der Waals surface area contributed by atoms with E-state index in [1.807, 2.05) is 41.3 Å². The minimum Gasteiger partial charge on any atom is -0.493 e. The summed E-state index contributed by atoms with van der Waals surface area (Å²) in [4.78, 5) is 17.5. The molecule has 0 aliphatic carbocycles. The molecule has 1 atom stereocenters. The van der Waals surface area contributed by atoms with Crippen molar-refractivity contribution in [2.24, 2.45) is 11.3 Å². The molecule has 0 bridgehead atoms. The number of rotatable bonds is 7. The van der Waals surface area contributed by atoms with Gasteiger partial charge in [-0.3, -0.25) is 0 Å². The molecule has 0 aromatic heterocycles. The van der Waals surface area contributed by atoms with Crippen molar-refractivity contribution in [1.82, 2.24) is 15.1 Å². The summed E-state index contributed by atoms with van der Waals surface area (Å²) in [5.41, 5.74) is 2.16. The second-order valence-corrected chi connectivity index (χ2v) is 10.1. The van der Waals surface area contributed by atoms with Gasteiger partial charge in [0.15, 0.2) is 0 Å². The maximum Gasteiger partial charge on any atom is 0.318 e. The Morgan fingerprint density at radius 3 is 2.33 bits per heavy atom. The zero-order valence-corrected chi connectivity index (χ0v) is 20.0. The second-order valence-electron chi connectivity index (χ2n) is 10.1. The van der Waals surface area contributed by atoms with E-state index in [4.69, 9.17) is 4.74 Å². The van der Waals surface area contributed by atoms with Gasteiger partial charge in [0.2, 0.25) is 0 Å². The quantitative estimate of drug-likeness (QED) is 0.660. The van der Waals surface area contributed by atoms with Crippen LogP contribution in [0.2, 0.25) is 0 Å². The zero-order valence-electron chi connectivity index (χ0n) is 20.0. The molecule has 2 aromatic carbocycles. The number of nitrogens with zero attached hydrogens (tertiary/aromatic N) is 2. The largest absolute Gasteiger partial charge is 0.493 e. The van der Waals surface area contributed by atoms with E-state index in [1.54, 1.807) is 0 Å². The third-order valence-corrected chi connectivity index (χ3v) is 7.12. The molecule has 0 radical (unpaired) electrons. The molecule has 2 fully saturated rings. The van der Waals surface area contributed by atoms with Crippen LogP contribution >= 0.6 is 0 Å². The number of halogens is 1. The third-order valence-electron chi connectivity index (χ3n) is 7.12. The molecule has 178 valence electrons. The van der Waals surface area contributed by atoms with E-state index in [0.717, 1.165) is 49.2 Å². The topological polar surface area (TPSA) is 44.8 Å². The molecule has 2 amide bonds. The number of nitrogens with one attached hydrogen (secondary N) is 1. The molecule has 1 spiro atoms. The fourth-order valence-corrected chi connectivity index (χ4v) is 5.02. The number of likely N-dealkylation sites (tertiary alicyclic amines) is 1. The molecule has 1 unspecified atom stereocenters. The van der Waals surface area contributed by atoms with Crippen molar-refractivity contribution in [3.63, 3.8) is 0 Å². The van der Waals surface area contributed by atoms with Crippen molar-refractivity contribution in [2.75, 3.05) is 33.3 Å². The molecule has 6 heteroatoms. The first kappa shape index (κ1) is 23.6. The Balaban J connectivity index is 1.57. The number of piperidine rings is 1. The highest BCUT2D eigenvalue weighted by molar-refractivity contribution is 5.76. The highest BCUT2D eigenvalue weighted by atomic mass is 19.1. The molecule has 2 aromatic rings. The zero-order chi connectivity index (χ0) is 23.4. The van der Waals surface area contributed by atoms with Crippen molar-refractivity contribution in [3.05, 3.63) is 65.5 Å². The van der Waals surface area contributed by atoms with Gasteiger partial charge in [-0.2, -0.15) is 0 Å². The minimum atomic E-state index is -0.231. The van der Waals surface area contributed by atoms with Gasteiger partial charge in [-0.15, -0.1) is 0 Å². The Morgan fingerprint density at radius 1 is 1.06 bits per heavy atom. The van der Waals surface area contributed by atoms with Crippen molar-refractivity contribution in [3.8, 4) is 5.75 Å². The molecule has 1 N–H and O–H groups in total. The van der Waals surface area contributed by atoms with Gasteiger partial charge in [-0.05, 0) is 80.7 Å².